The highest BCUT2D eigenvalue weighted by molar-refractivity contribution is 4.94. The lowest BCUT2D eigenvalue weighted by Gasteiger charge is -2.27. The standard InChI is InChI=1S/C12H24N/c1-3-5-11-13(10-4-2)12-8-6-7-9-12/h3-11H2,1-2H3. The molecule has 13 heavy (non-hydrogen) atoms. The van der Waals surface area contributed by atoms with Crippen LogP contribution in [0, 0.1) is 6.04 Å². The fraction of sp³-hybridized carbons (Fsp3) is 0.917. The molecular formula is C12H24N. The van der Waals surface area contributed by atoms with Gasteiger partial charge in [-0.25, -0.2) is 0 Å². The van der Waals surface area contributed by atoms with E-state index in [-0.39, 0.29) is 0 Å². The molecule has 1 fully saturated rings. The molecule has 1 saturated carbocycles. The molecule has 1 heteroatoms. The zero-order chi connectivity index (χ0) is 9.52. The molecule has 0 atom stereocenters. The van der Waals surface area contributed by atoms with Gasteiger partial charge in [-0.1, -0.05) is 33.1 Å². The van der Waals surface area contributed by atoms with Crippen LogP contribution in [0.4, 0.5) is 0 Å². The number of rotatable bonds is 6. The molecule has 0 saturated heterocycles. The van der Waals surface area contributed by atoms with Crippen LogP contribution >= 0.6 is 0 Å². The second-order valence-corrected chi connectivity index (χ2v) is 4.11. The van der Waals surface area contributed by atoms with Crippen LogP contribution in [0.1, 0.15) is 58.8 Å². The fourth-order valence-corrected chi connectivity index (χ4v) is 2.15. The summed E-state index contributed by atoms with van der Waals surface area (Å²) in [5.41, 5.74) is 0. The number of hydrogen-bond donors (Lipinski definition) is 0. The Kier molecular flexibility index (Phi) is 5.45. The van der Waals surface area contributed by atoms with E-state index in [0.29, 0.717) is 0 Å². The smallest absolute Gasteiger partial charge is 0.0393 e. The van der Waals surface area contributed by atoms with Gasteiger partial charge in [0.2, 0.25) is 0 Å². The third-order valence-corrected chi connectivity index (χ3v) is 2.90. The summed E-state index contributed by atoms with van der Waals surface area (Å²) in [5, 5.41) is 0. The van der Waals surface area contributed by atoms with E-state index in [1.165, 1.54) is 58.0 Å². The van der Waals surface area contributed by atoms with Gasteiger partial charge >= 0.3 is 0 Å². The summed E-state index contributed by atoms with van der Waals surface area (Å²) in [6, 6.07) is 1.75. The summed E-state index contributed by atoms with van der Waals surface area (Å²) < 4.78 is 0. The van der Waals surface area contributed by atoms with Crippen LogP contribution in [-0.4, -0.2) is 18.0 Å². The Bertz CT molecular complexity index is 116. The monoisotopic (exact) mass is 182 g/mol. The average molecular weight is 182 g/mol. The minimum absolute atomic E-state index is 1.29. The van der Waals surface area contributed by atoms with Gasteiger partial charge in [0.1, 0.15) is 0 Å². The van der Waals surface area contributed by atoms with Crippen molar-refractivity contribution in [2.45, 2.75) is 58.8 Å². The van der Waals surface area contributed by atoms with Gasteiger partial charge in [-0.05, 0) is 38.8 Å². The van der Waals surface area contributed by atoms with Crippen molar-refractivity contribution in [3.05, 3.63) is 6.04 Å². The molecule has 0 amide bonds. The van der Waals surface area contributed by atoms with Crippen LogP contribution in [0.25, 0.3) is 0 Å². The first-order valence-corrected chi connectivity index (χ1v) is 5.98. The minimum Gasteiger partial charge on any atom is -0.296 e. The van der Waals surface area contributed by atoms with E-state index in [0.717, 1.165) is 0 Å². The first-order valence-electron chi connectivity index (χ1n) is 5.98. The highest BCUT2D eigenvalue weighted by Gasteiger charge is 2.21. The molecule has 0 bridgehead atoms. The molecule has 1 aliphatic carbocycles. The van der Waals surface area contributed by atoms with Crippen molar-refractivity contribution < 1.29 is 0 Å². The molecule has 0 N–H and O–H groups in total. The molecule has 0 heterocycles. The van der Waals surface area contributed by atoms with Crippen molar-refractivity contribution in [1.82, 2.24) is 4.90 Å². The molecule has 0 aromatic rings. The lowest BCUT2D eigenvalue weighted by molar-refractivity contribution is 0.272. The highest BCUT2D eigenvalue weighted by Crippen LogP contribution is 2.30. The topological polar surface area (TPSA) is 3.24 Å². The third-order valence-electron chi connectivity index (χ3n) is 2.90. The Hall–Kier alpha value is -0.0400. The fourth-order valence-electron chi connectivity index (χ4n) is 2.15. The predicted molar refractivity (Wildman–Crippen MR) is 58.5 cm³/mol. The van der Waals surface area contributed by atoms with Gasteiger partial charge < -0.3 is 0 Å². The van der Waals surface area contributed by atoms with Gasteiger partial charge in [0.15, 0.2) is 0 Å². The van der Waals surface area contributed by atoms with Gasteiger partial charge in [-0.2, -0.15) is 0 Å². The van der Waals surface area contributed by atoms with Crippen LogP contribution in [0.3, 0.4) is 0 Å². The summed E-state index contributed by atoms with van der Waals surface area (Å²) in [6.07, 6.45) is 9.61. The molecule has 0 aromatic heterocycles. The summed E-state index contributed by atoms with van der Waals surface area (Å²) in [7, 11) is 0. The molecule has 1 rings (SSSR count). The SMILES string of the molecule is CCCCN(CCC)[C]1CCCC1. The molecule has 1 nitrogen and oxygen atoms in total. The van der Waals surface area contributed by atoms with Gasteiger partial charge in [0, 0.05) is 6.04 Å². The molecular weight excluding hydrogens is 158 g/mol. The number of nitrogens with zero attached hydrogens (tertiary/aromatic N) is 1. The van der Waals surface area contributed by atoms with E-state index in [1.807, 2.05) is 0 Å². The van der Waals surface area contributed by atoms with E-state index < -0.39 is 0 Å². The Balaban J connectivity index is 2.26. The largest absolute Gasteiger partial charge is 0.296 e. The molecule has 77 valence electrons. The van der Waals surface area contributed by atoms with Crippen molar-refractivity contribution in [2.24, 2.45) is 0 Å². The van der Waals surface area contributed by atoms with E-state index in [9.17, 15) is 0 Å². The average Bonchev–Trinajstić information content (AvgIpc) is 2.65. The summed E-state index contributed by atoms with van der Waals surface area (Å²) in [4.78, 5) is 2.65. The van der Waals surface area contributed by atoms with Crippen LogP contribution in [0.5, 0.6) is 0 Å². The minimum atomic E-state index is 1.29. The van der Waals surface area contributed by atoms with Gasteiger partial charge in [-0.15, -0.1) is 0 Å². The Labute approximate surface area is 83.5 Å². The van der Waals surface area contributed by atoms with E-state index in [1.54, 1.807) is 6.04 Å². The summed E-state index contributed by atoms with van der Waals surface area (Å²) in [5.74, 6) is 0. The highest BCUT2D eigenvalue weighted by atomic mass is 15.1. The molecule has 0 spiro atoms. The summed E-state index contributed by atoms with van der Waals surface area (Å²) >= 11 is 0. The second-order valence-electron chi connectivity index (χ2n) is 4.11. The maximum atomic E-state index is 2.65. The lowest BCUT2D eigenvalue weighted by atomic mass is 10.2. The van der Waals surface area contributed by atoms with Crippen LogP contribution in [0.2, 0.25) is 0 Å². The van der Waals surface area contributed by atoms with Crippen molar-refractivity contribution >= 4 is 0 Å². The predicted octanol–water partition coefficient (Wildman–Crippen LogP) is 3.60. The van der Waals surface area contributed by atoms with Crippen LogP contribution in [0.15, 0.2) is 0 Å². The zero-order valence-corrected chi connectivity index (χ0v) is 9.31. The molecule has 1 aliphatic rings. The summed E-state index contributed by atoms with van der Waals surface area (Å²) in [6.45, 7) is 7.16. The van der Waals surface area contributed by atoms with Gasteiger partial charge in [0.05, 0.1) is 0 Å². The normalized spacial score (nSPS) is 18.7. The van der Waals surface area contributed by atoms with Crippen molar-refractivity contribution in [3.63, 3.8) is 0 Å². The third kappa shape index (κ3) is 3.68. The van der Waals surface area contributed by atoms with E-state index >= 15 is 0 Å². The zero-order valence-electron chi connectivity index (χ0n) is 9.31. The van der Waals surface area contributed by atoms with Crippen molar-refractivity contribution in [1.29, 1.82) is 0 Å². The van der Waals surface area contributed by atoms with E-state index in [4.69, 9.17) is 0 Å². The maximum Gasteiger partial charge on any atom is 0.0393 e. The number of hydrogen-bond acceptors (Lipinski definition) is 1. The molecule has 0 unspecified atom stereocenters. The van der Waals surface area contributed by atoms with Gasteiger partial charge in [0.25, 0.3) is 0 Å². The Morgan fingerprint density at radius 3 is 2.23 bits per heavy atom. The second kappa shape index (κ2) is 6.42. The first kappa shape index (κ1) is 11.0. The van der Waals surface area contributed by atoms with E-state index in [2.05, 4.69) is 18.7 Å². The first-order chi connectivity index (χ1) is 6.38. The quantitative estimate of drug-likeness (QED) is 0.606. The van der Waals surface area contributed by atoms with Crippen LogP contribution < -0.4 is 0 Å². The Morgan fingerprint density at radius 1 is 1.00 bits per heavy atom. The van der Waals surface area contributed by atoms with Gasteiger partial charge in [-0.3, -0.25) is 4.90 Å². The molecule has 0 aromatic carbocycles. The van der Waals surface area contributed by atoms with Crippen molar-refractivity contribution in [3.8, 4) is 0 Å². The Morgan fingerprint density at radius 2 is 1.69 bits per heavy atom. The maximum absolute atomic E-state index is 2.65. The molecule has 0 aliphatic heterocycles. The van der Waals surface area contributed by atoms with Crippen molar-refractivity contribution in [2.75, 3.05) is 13.1 Å². The lowest BCUT2D eigenvalue weighted by Crippen LogP contribution is -2.28. The van der Waals surface area contributed by atoms with Crippen LogP contribution in [-0.2, 0) is 0 Å². The number of unbranched alkanes of at least 4 members (excludes halogenated alkanes) is 1. The molecule has 1 radical (unpaired) electrons.